The number of carbonyl (C=O) groups is 1. The van der Waals surface area contributed by atoms with Gasteiger partial charge < -0.3 is 14.8 Å². The number of methoxy groups -OCH3 is 1. The van der Waals surface area contributed by atoms with Crippen molar-refractivity contribution >= 4 is 50.7 Å². The molecule has 0 fully saturated rings. The van der Waals surface area contributed by atoms with Gasteiger partial charge in [0.2, 0.25) is 0 Å². The summed E-state index contributed by atoms with van der Waals surface area (Å²) in [6.45, 7) is 2.41. The minimum atomic E-state index is -0.313. The first kappa shape index (κ1) is 21.5. The molecule has 0 heterocycles. The number of hydrogen-bond acceptors (Lipinski definition) is 3. The molecule has 3 aromatic rings. The molecular formula is C22H18BrCl2NO3. The van der Waals surface area contributed by atoms with E-state index < -0.39 is 0 Å². The van der Waals surface area contributed by atoms with Gasteiger partial charge in [0, 0.05) is 11.3 Å². The number of halogens is 3. The molecule has 0 radical (unpaired) electrons. The van der Waals surface area contributed by atoms with Crippen LogP contribution in [0.1, 0.15) is 21.5 Å². The fraction of sp³-hybridized carbons (Fsp3) is 0.136. The van der Waals surface area contributed by atoms with Crippen molar-refractivity contribution in [1.29, 1.82) is 0 Å². The molecule has 0 aliphatic carbocycles. The zero-order chi connectivity index (χ0) is 21.0. The zero-order valence-corrected chi connectivity index (χ0v) is 18.9. The Balaban J connectivity index is 1.78. The van der Waals surface area contributed by atoms with Crippen LogP contribution in [0.5, 0.6) is 11.5 Å². The minimum Gasteiger partial charge on any atom is -0.493 e. The van der Waals surface area contributed by atoms with Crippen LogP contribution in [0.15, 0.2) is 59.1 Å². The lowest BCUT2D eigenvalue weighted by atomic mass is 10.1. The van der Waals surface area contributed by atoms with Crippen molar-refractivity contribution in [2.75, 3.05) is 12.4 Å². The lowest BCUT2D eigenvalue weighted by Gasteiger charge is -2.15. The number of hydrogen-bond donors (Lipinski definition) is 1. The third kappa shape index (κ3) is 5.44. The second kappa shape index (κ2) is 9.53. The summed E-state index contributed by atoms with van der Waals surface area (Å²) in [5.74, 6) is 0.664. The summed E-state index contributed by atoms with van der Waals surface area (Å²) in [6, 6.07) is 16.3. The summed E-state index contributed by atoms with van der Waals surface area (Å²) in [5, 5.41) is 3.57. The standard InChI is InChI=1S/C22H18BrCl2NO3/c1-13-3-5-14(6-4-13)12-29-21-17(23)9-15(10-20(21)28-2)22(27)26-16-7-8-18(24)19(25)11-16/h3-11H,12H2,1-2H3,(H,26,27). The van der Waals surface area contributed by atoms with Crippen molar-refractivity contribution < 1.29 is 14.3 Å². The van der Waals surface area contributed by atoms with Gasteiger partial charge >= 0.3 is 0 Å². The van der Waals surface area contributed by atoms with Crippen LogP contribution >= 0.6 is 39.1 Å². The van der Waals surface area contributed by atoms with E-state index in [-0.39, 0.29) is 5.91 Å². The normalized spacial score (nSPS) is 10.5. The molecule has 7 heteroatoms. The maximum Gasteiger partial charge on any atom is 0.255 e. The maximum atomic E-state index is 12.6. The summed E-state index contributed by atoms with van der Waals surface area (Å²) in [7, 11) is 1.53. The Hall–Kier alpha value is -2.21. The first-order chi connectivity index (χ1) is 13.9. The van der Waals surface area contributed by atoms with Gasteiger partial charge in [-0.3, -0.25) is 4.79 Å². The molecule has 29 heavy (non-hydrogen) atoms. The molecule has 0 saturated heterocycles. The number of carbonyl (C=O) groups excluding carboxylic acids is 1. The first-order valence-corrected chi connectivity index (χ1v) is 10.2. The van der Waals surface area contributed by atoms with Gasteiger partial charge in [-0.05, 0) is 58.7 Å². The van der Waals surface area contributed by atoms with E-state index in [9.17, 15) is 4.79 Å². The Morgan fingerprint density at radius 2 is 1.76 bits per heavy atom. The quantitative estimate of drug-likeness (QED) is 0.405. The highest BCUT2D eigenvalue weighted by atomic mass is 79.9. The number of amides is 1. The van der Waals surface area contributed by atoms with Crippen molar-refractivity contribution in [1.82, 2.24) is 0 Å². The van der Waals surface area contributed by atoms with Crippen LogP contribution in [0.2, 0.25) is 10.0 Å². The lowest BCUT2D eigenvalue weighted by molar-refractivity contribution is 0.102. The Labute approximate surface area is 187 Å². The van der Waals surface area contributed by atoms with E-state index in [0.29, 0.717) is 43.9 Å². The number of anilines is 1. The van der Waals surface area contributed by atoms with Gasteiger partial charge in [-0.25, -0.2) is 0 Å². The molecule has 0 saturated carbocycles. The van der Waals surface area contributed by atoms with Gasteiger partial charge in [0.15, 0.2) is 11.5 Å². The minimum absolute atomic E-state index is 0.313. The summed E-state index contributed by atoms with van der Waals surface area (Å²) < 4.78 is 12.0. The topological polar surface area (TPSA) is 47.6 Å². The van der Waals surface area contributed by atoms with Gasteiger partial charge in [-0.1, -0.05) is 53.0 Å². The summed E-state index contributed by atoms with van der Waals surface area (Å²) in [6.07, 6.45) is 0. The van der Waals surface area contributed by atoms with Gasteiger partial charge in [0.25, 0.3) is 5.91 Å². The van der Waals surface area contributed by atoms with Crippen LogP contribution in [-0.4, -0.2) is 13.0 Å². The molecule has 3 rings (SSSR count). The second-order valence-corrected chi connectivity index (χ2v) is 8.02. The van der Waals surface area contributed by atoms with Crippen molar-refractivity contribution in [3.63, 3.8) is 0 Å². The molecule has 1 N–H and O–H groups in total. The first-order valence-electron chi connectivity index (χ1n) is 8.69. The number of benzene rings is 3. The molecule has 1 amide bonds. The van der Waals surface area contributed by atoms with Crippen LogP contribution < -0.4 is 14.8 Å². The van der Waals surface area contributed by atoms with E-state index in [4.69, 9.17) is 32.7 Å². The molecule has 3 aromatic carbocycles. The lowest BCUT2D eigenvalue weighted by Crippen LogP contribution is -2.12. The predicted octanol–water partition coefficient (Wildman–Crippen LogP) is 6.90. The number of nitrogens with one attached hydrogen (secondary N) is 1. The molecule has 0 unspecified atom stereocenters. The zero-order valence-electron chi connectivity index (χ0n) is 15.8. The number of aryl methyl sites for hydroxylation is 1. The van der Waals surface area contributed by atoms with Crippen molar-refractivity contribution in [3.8, 4) is 11.5 Å². The van der Waals surface area contributed by atoms with E-state index in [2.05, 4.69) is 21.2 Å². The SMILES string of the molecule is COc1cc(C(=O)Nc2ccc(Cl)c(Cl)c2)cc(Br)c1OCc1ccc(C)cc1. The highest BCUT2D eigenvalue weighted by Crippen LogP contribution is 2.37. The van der Waals surface area contributed by atoms with Gasteiger partial charge in [0.05, 0.1) is 21.6 Å². The Morgan fingerprint density at radius 1 is 1.03 bits per heavy atom. The third-order valence-corrected chi connectivity index (χ3v) is 5.50. The fourth-order valence-corrected chi connectivity index (χ4v) is 3.46. The van der Waals surface area contributed by atoms with Crippen LogP contribution in [0.3, 0.4) is 0 Å². The average molecular weight is 495 g/mol. The van der Waals surface area contributed by atoms with Crippen molar-refractivity contribution in [2.24, 2.45) is 0 Å². The third-order valence-electron chi connectivity index (χ3n) is 4.17. The second-order valence-electron chi connectivity index (χ2n) is 6.35. The average Bonchev–Trinajstić information content (AvgIpc) is 2.70. The van der Waals surface area contributed by atoms with E-state index >= 15 is 0 Å². The molecule has 0 aliphatic heterocycles. The van der Waals surface area contributed by atoms with Gasteiger partial charge in [0.1, 0.15) is 6.61 Å². The molecular weight excluding hydrogens is 477 g/mol. The molecule has 4 nitrogen and oxygen atoms in total. The smallest absolute Gasteiger partial charge is 0.255 e. The largest absolute Gasteiger partial charge is 0.493 e. The van der Waals surface area contributed by atoms with Crippen LogP contribution in [0.25, 0.3) is 0 Å². The molecule has 150 valence electrons. The van der Waals surface area contributed by atoms with Crippen molar-refractivity contribution in [3.05, 3.63) is 85.8 Å². The highest BCUT2D eigenvalue weighted by molar-refractivity contribution is 9.10. The summed E-state index contributed by atoms with van der Waals surface area (Å²) >= 11 is 15.4. The molecule has 0 aliphatic rings. The van der Waals surface area contributed by atoms with E-state index in [1.165, 1.54) is 12.7 Å². The van der Waals surface area contributed by atoms with Gasteiger partial charge in [-0.2, -0.15) is 0 Å². The highest BCUT2D eigenvalue weighted by Gasteiger charge is 2.16. The molecule has 0 spiro atoms. The van der Waals surface area contributed by atoms with Crippen molar-refractivity contribution in [2.45, 2.75) is 13.5 Å². The Bertz CT molecular complexity index is 1040. The van der Waals surface area contributed by atoms with Crippen LogP contribution in [-0.2, 0) is 6.61 Å². The summed E-state index contributed by atoms with van der Waals surface area (Å²) in [4.78, 5) is 12.6. The van der Waals surface area contributed by atoms with E-state index in [1.54, 1.807) is 30.3 Å². The monoisotopic (exact) mass is 493 g/mol. The number of rotatable bonds is 6. The van der Waals surface area contributed by atoms with E-state index in [1.807, 2.05) is 31.2 Å². The molecule has 0 aromatic heterocycles. The Kier molecular flexibility index (Phi) is 7.06. The summed E-state index contributed by atoms with van der Waals surface area (Å²) in [5.41, 5.74) is 3.16. The fourth-order valence-electron chi connectivity index (χ4n) is 2.61. The van der Waals surface area contributed by atoms with Crippen LogP contribution in [0.4, 0.5) is 5.69 Å². The maximum absolute atomic E-state index is 12.6. The Morgan fingerprint density at radius 3 is 2.41 bits per heavy atom. The van der Waals surface area contributed by atoms with E-state index in [0.717, 1.165) is 5.56 Å². The molecule has 0 bridgehead atoms. The number of ether oxygens (including phenoxy) is 2. The van der Waals surface area contributed by atoms with Gasteiger partial charge in [-0.15, -0.1) is 0 Å². The van der Waals surface area contributed by atoms with Crippen LogP contribution in [0, 0.1) is 6.92 Å². The predicted molar refractivity (Wildman–Crippen MR) is 121 cm³/mol. The molecule has 0 atom stereocenters.